The molecule has 0 saturated heterocycles. The fraction of sp³-hybridized carbons (Fsp3) is 0.368. The number of hydrogen-bond donors (Lipinski definition) is 1. The molecule has 1 atom stereocenters. The molecule has 1 aromatic rings. The van der Waals surface area contributed by atoms with Crippen molar-refractivity contribution in [3.05, 3.63) is 60.2 Å². The van der Waals surface area contributed by atoms with Crippen molar-refractivity contribution < 1.29 is 19.1 Å². The number of nitrogens with one attached hydrogen (secondary N) is 1. The van der Waals surface area contributed by atoms with Crippen LogP contribution < -0.4 is 5.32 Å². The molecule has 24 heavy (non-hydrogen) atoms. The third-order valence-electron chi connectivity index (χ3n) is 2.89. The van der Waals surface area contributed by atoms with E-state index in [1.165, 1.54) is 13.2 Å². The molecule has 0 bridgehead atoms. The van der Waals surface area contributed by atoms with Crippen molar-refractivity contribution in [1.29, 1.82) is 0 Å². The number of methoxy groups -OCH3 is 1. The lowest BCUT2D eigenvalue weighted by Gasteiger charge is -2.22. The second-order valence-corrected chi connectivity index (χ2v) is 6.21. The van der Waals surface area contributed by atoms with Gasteiger partial charge >= 0.3 is 12.1 Å². The Hall–Kier alpha value is -2.56. The molecule has 1 aromatic carbocycles. The maximum Gasteiger partial charge on any atom is 0.408 e. The molecule has 0 heterocycles. The molecule has 1 amide bonds. The van der Waals surface area contributed by atoms with Gasteiger partial charge in [0, 0.05) is 6.08 Å². The molecule has 0 saturated carbocycles. The smallest absolute Gasteiger partial charge is 0.408 e. The van der Waals surface area contributed by atoms with Crippen LogP contribution in [-0.4, -0.2) is 30.8 Å². The maximum atomic E-state index is 12.0. The van der Waals surface area contributed by atoms with Gasteiger partial charge in [-0.2, -0.15) is 0 Å². The Balaban J connectivity index is 2.75. The first kappa shape index (κ1) is 19.5. The number of rotatable bonds is 6. The summed E-state index contributed by atoms with van der Waals surface area (Å²) in [4.78, 5) is 23.0. The van der Waals surface area contributed by atoms with E-state index in [9.17, 15) is 9.59 Å². The first-order valence-corrected chi connectivity index (χ1v) is 7.76. The molecule has 1 rings (SSSR count). The molecule has 0 spiro atoms. The Morgan fingerprint density at radius 3 is 2.42 bits per heavy atom. The van der Waals surface area contributed by atoms with Gasteiger partial charge in [-0.1, -0.05) is 48.6 Å². The van der Waals surface area contributed by atoms with E-state index in [1.807, 2.05) is 51.1 Å². The van der Waals surface area contributed by atoms with Crippen LogP contribution in [0.1, 0.15) is 26.3 Å². The molecule has 0 aliphatic rings. The average Bonchev–Trinajstić information content (AvgIpc) is 2.50. The number of carbonyl (C=O) groups is 2. The SMILES string of the molecule is COC(=O)/C=C/C=C/[C@@H](Cc1ccccc1)NC(=O)OC(C)(C)C. The van der Waals surface area contributed by atoms with Crippen LogP contribution in [0.15, 0.2) is 54.6 Å². The van der Waals surface area contributed by atoms with Crippen LogP contribution in [0.4, 0.5) is 4.79 Å². The summed E-state index contributed by atoms with van der Waals surface area (Å²) in [6.07, 6.45) is 6.51. The predicted molar refractivity (Wildman–Crippen MR) is 93.6 cm³/mol. The third-order valence-corrected chi connectivity index (χ3v) is 2.89. The molecule has 5 nitrogen and oxygen atoms in total. The van der Waals surface area contributed by atoms with Gasteiger partial charge in [-0.15, -0.1) is 0 Å². The number of alkyl carbamates (subject to hydrolysis) is 1. The fourth-order valence-electron chi connectivity index (χ4n) is 1.89. The molecule has 0 aliphatic heterocycles. The molecule has 0 fully saturated rings. The van der Waals surface area contributed by atoms with Gasteiger partial charge in [-0.3, -0.25) is 0 Å². The van der Waals surface area contributed by atoms with E-state index in [0.717, 1.165) is 5.56 Å². The number of amides is 1. The first-order chi connectivity index (χ1) is 11.3. The Morgan fingerprint density at radius 2 is 1.83 bits per heavy atom. The van der Waals surface area contributed by atoms with E-state index in [1.54, 1.807) is 18.2 Å². The highest BCUT2D eigenvalue weighted by Gasteiger charge is 2.18. The van der Waals surface area contributed by atoms with Crippen molar-refractivity contribution in [3.8, 4) is 0 Å². The molecular weight excluding hydrogens is 306 g/mol. The quantitative estimate of drug-likeness (QED) is 0.493. The molecule has 0 aromatic heterocycles. The van der Waals surface area contributed by atoms with Crippen LogP contribution in [-0.2, 0) is 20.7 Å². The molecule has 1 N–H and O–H groups in total. The summed E-state index contributed by atoms with van der Waals surface area (Å²) in [5.41, 5.74) is 0.524. The lowest BCUT2D eigenvalue weighted by Crippen LogP contribution is -2.39. The summed E-state index contributed by atoms with van der Waals surface area (Å²) in [5, 5.41) is 2.83. The van der Waals surface area contributed by atoms with Crippen molar-refractivity contribution in [3.63, 3.8) is 0 Å². The summed E-state index contributed by atoms with van der Waals surface area (Å²) in [7, 11) is 1.32. The lowest BCUT2D eigenvalue weighted by atomic mass is 10.1. The number of carbonyl (C=O) groups excluding carboxylic acids is 2. The highest BCUT2D eigenvalue weighted by atomic mass is 16.6. The Bertz CT molecular complexity index is 585. The van der Waals surface area contributed by atoms with Crippen molar-refractivity contribution in [2.24, 2.45) is 0 Å². The van der Waals surface area contributed by atoms with Crippen LogP contribution in [0, 0.1) is 0 Å². The van der Waals surface area contributed by atoms with Crippen LogP contribution in [0.3, 0.4) is 0 Å². The molecule has 0 unspecified atom stereocenters. The summed E-state index contributed by atoms with van der Waals surface area (Å²) >= 11 is 0. The Kier molecular flexibility index (Phi) is 7.75. The van der Waals surface area contributed by atoms with Gasteiger partial charge in [-0.05, 0) is 32.8 Å². The largest absolute Gasteiger partial charge is 0.466 e. The first-order valence-electron chi connectivity index (χ1n) is 7.76. The molecule has 0 radical (unpaired) electrons. The predicted octanol–water partition coefficient (Wildman–Crippen LogP) is 3.41. The zero-order valence-electron chi connectivity index (χ0n) is 14.6. The lowest BCUT2D eigenvalue weighted by molar-refractivity contribution is -0.134. The zero-order chi connectivity index (χ0) is 18.0. The van der Waals surface area contributed by atoms with E-state index in [0.29, 0.717) is 6.42 Å². The highest BCUT2D eigenvalue weighted by molar-refractivity contribution is 5.82. The summed E-state index contributed by atoms with van der Waals surface area (Å²) in [6, 6.07) is 9.55. The second kappa shape index (κ2) is 9.55. The van der Waals surface area contributed by atoms with Crippen molar-refractivity contribution in [2.75, 3.05) is 7.11 Å². The van der Waals surface area contributed by atoms with Gasteiger partial charge in [0.2, 0.25) is 0 Å². The molecular formula is C19H25NO4. The summed E-state index contributed by atoms with van der Waals surface area (Å²) in [5.74, 6) is -0.431. The van der Waals surface area contributed by atoms with Gasteiger partial charge in [0.05, 0.1) is 13.2 Å². The molecule has 0 aliphatic carbocycles. The van der Waals surface area contributed by atoms with Crippen LogP contribution in [0.25, 0.3) is 0 Å². The van der Waals surface area contributed by atoms with E-state index < -0.39 is 17.7 Å². The third kappa shape index (κ3) is 8.78. The molecule has 5 heteroatoms. The number of allylic oxidation sites excluding steroid dienone is 2. The van der Waals surface area contributed by atoms with E-state index >= 15 is 0 Å². The van der Waals surface area contributed by atoms with E-state index in [2.05, 4.69) is 10.1 Å². The van der Waals surface area contributed by atoms with Gasteiger partial charge in [0.15, 0.2) is 0 Å². The standard InChI is InChI=1S/C19H25NO4/c1-19(2,3)24-18(22)20-16(12-8-9-13-17(21)23-4)14-15-10-6-5-7-11-15/h5-13,16H,14H2,1-4H3,(H,20,22)/b12-8+,13-9+/t16-/m0/s1. The number of hydrogen-bond acceptors (Lipinski definition) is 4. The van der Waals surface area contributed by atoms with E-state index in [-0.39, 0.29) is 6.04 Å². The minimum Gasteiger partial charge on any atom is -0.466 e. The van der Waals surface area contributed by atoms with Crippen LogP contribution in [0.2, 0.25) is 0 Å². The minimum atomic E-state index is -0.560. The monoisotopic (exact) mass is 331 g/mol. The van der Waals surface area contributed by atoms with Gasteiger partial charge < -0.3 is 14.8 Å². The summed E-state index contributed by atoms with van der Waals surface area (Å²) < 4.78 is 9.81. The van der Waals surface area contributed by atoms with Crippen molar-refractivity contribution in [2.45, 2.75) is 38.8 Å². The van der Waals surface area contributed by atoms with Gasteiger partial charge in [-0.25, -0.2) is 9.59 Å². The topological polar surface area (TPSA) is 64.6 Å². The number of esters is 1. The van der Waals surface area contributed by atoms with Gasteiger partial charge in [0.25, 0.3) is 0 Å². The number of ether oxygens (including phenoxy) is 2. The molecule has 130 valence electrons. The zero-order valence-corrected chi connectivity index (χ0v) is 14.6. The van der Waals surface area contributed by atoms with Crippen LogP contribution in [0.5, 0.6) is 0 Å². The number of benzene rings is 1. The van der Waals surface area contributed by atoms with Crippen molar-refractivity contribution in [1.82, 2.24) is 5.32 Å². The Labute approximate surface area is 143 Å². The highest BCUT2D eigenvalue weighted by Crippen LogP contribution is 2.09. The Morgan fingerprint density at radius 1 is 1.17 bits per heavy atom. The normalized spacial score (nSPS) is 13.0. The van der Waals surface area contributed by atoms with E-state index in [4.69, 9.17) is 4.74 Å². The second-order valence-electron chi connectivity index (χ2n) is 6.21. The summed E-state index contributed by atoms with van der Waals surface area (Å²) in [6.45, 7) is 5.44. The van der Waals surface area contributed by atoms with Crippen molar-refractivity contribution >= 4 is 12.1 Å². The van der Waals surface area contributed by atoms with Gasteiger partial charge in [0.1, 0.15) is 5.60 Å². The maximum absolute atomic E-state index is 12.0. The minimum absolute atomic E-state index is 0.260. The van der Waals surface area contributed by atoms with Crippen LogP contribution >= 0.6 is 0 Å². The average molecular weight is 331 g/mol. The fourth-order valence-corrected chi connectivity index (χ4v) is 1.89.